The Labute approximate surface area is 141 Å². The van der Waals surface area contributed by atoms with Gasteiger partial charge in [0.2, 0.25) is 10.0 Å². The van der Waals surface area contributed by atoms with Gasteiger partial charge in [-0.25, -0.2) is 13.1 Å². The van der Waals surface area contributed by atoms with Crippen molar-refractivity contribution >= 4 is 47.6 Å². The second-order valence-electron chi connectivity index (χ2n) is 5.42. The van der Waals surface area contributed by atoms with Crippen LogP contribution in [-0.2, 0) is 10.0 Å². The second-order valence-corrected chi connectivity index (χ2v) is 8.75. The number of hydrogen-bond donors (Lipinski definition) is 3. The van der Waals surface area contributed by atoms with Crippen molar-refractivity contribution in [1.82, 2.24) is 4.72 Å². The van der Waals surface area contributed by atoms with Crippen LogP contribution < -0.4 is 10.5 Å². The Morgan fingerprint density at radius 1 is 1.19 bits per heavy atom. The van der Waals surface area contributed by atoms with Gasteiger partial charge in [0, 0.05) is 14.6 Å². The van der Waals surface area contributed by atoms with E-state index in [4.69, 9.17) is 5.73 Å². The zero-order chi connectivity index (χ0) is 15.7. The second kappa shape index (κ2) is 6.54. The standard InChI is InChI=1S/C13H18Br2N2O3S/c14-10-6-9(16)7-11(15)12(10)21(19,20)17-13(8-18)4-2-1-3-5-13/h6-7,17-18H,1-5,8,16H2. The van der Waals surface area contributed by atoms with Crippen LogP contribution >= 0.6 is 31.9 Å². The van der Waals surface area contributed by atoms with Gasteiger partial charge in [0.25, 0.3) is 0 Å². The number of halogens is 2. The van der Waals surface area contributed by atoms with E-state index in [0.717, 1.165) is 19.3 Å². The molecule has 0 radical (unpaired) electrons. The molecule has 0 spiro atoms. The molecule has 118 valence electrons. The molecule has 0 saturated heterocycles. The normalized spacial score (nSPS) is 18.6. The quantitative estimate of drug-likeness (QED) is 0.626. The minimum absolute atomic E-state index is 0.107. The molecule has 0 atom stereocenters. The zero-order valence-corrected chi connectivity index (χ0v) is 15.4. The number of nitrogens with one attached hydrogen (secondary N) is 1. The summed E-state index contributed by atoms with van der Waals surface area (Å²) in [5.41, 5.74) is 5.39. The zero-order valence-electron chi connectivity index (χ0n) is 11.4. The number of sulfonamides is 1. The number of aliphatic hydroxyl groups excluding tert-OH is 1. The van der Waals surface area contributed by atoms with Crippen LogP contribution in [0.4, 0.5) is 5.69 Å². The summed E-state index contributed by atoms with van der Waals surface area (Å²) in [5, 5.41) is 9.66. The van der Waals surface area contributed by atoms with Crippen LogP contribution in [0.2, 0.25) is 0 Å². The van der Waals surface area contributed by atoms with Crippen molar-refractivity contribution in [3.05, 3.63) is 21.1 Å². The van der Waals surface area contributed by atoms with E-state index >= 15 is 0 Å². The first-order valence-corrected chi connectivity index (χ1v) is 9.76. The van der Waals surface area contributed by atoms with Crippen molar-refractivity contribution in [2.24, 2.45) is 0 Å². The molecule has 2 rings (SSSR count). The SMILES string of the molecule is Nc1cc(Br)c(S(=O)(=O)NC2(CO)CCCCC2)c(Br)c1. The molecular weight excluding hydrogens is 424 g/mol. The molecule has 8 heteroatoms. The van der Waals surface area contributed by atoms with Gasteiger partial charge in [-0.3, -0.25) is 0 Å². The highest BCUT2D eigenvalue weighted by Crippen LogP contribution is 2.35. The van der Waals surface area contributed by atoms with E-state index in [1.807, 2.05) is 0 Å². The number of nitrogen functional groups attached to an aromatic ring is 1. The molecule has 4 N–H and O–H groups in total. The molecule has 1 aromatic carbocycles. The van der Waals surface area contributed by atoms with E-state index < -0.39 is 15.6 Å². The maximum absolute atomic E-state index is 12.7. The van der Waals surface area contributed by atoms with Crippen molar-refractivity contribution in [3.63, 3.8) is 0 Å². The maximum atomic E-state index is 12.7. The molecule has 1 saturated carbocycles. The Kier molecular flexibility index (Phi) is 5.36. The summed E-state index contributed by atoms with van der Waals surface area (Å²) < 4.78 is 28.9. The molecule has 0 amide bonds. The first-order valence-electron chi connectivity index (χ1n) is 6.69. The van der Waals surface area contributed by atoms with Gasteiger partial charge in [-0.1, -0.05) is 19.3 Å². The van der Waals surface area contributed by atoms with Crippen LogP contribution in [0.15, 0.2) is 26.0 Å². The molecule has 0 aliphatic heterocycles. The highest BCUT2D eigenvalue weighted by molar-refractivity contribution is 9.11. The average molecular weight is 442 g/mol. The predicted molar refractivity (Wildman–Crippen MR) is 89.5 cm³/mol. The molecular formula is C13H18Br2N2O3S. The first-order chi connectivity index (χ1) is 9.80. The highest BCUT2D eigenvalue weighted by Gasteiger charge is 2.37. The fourth-order valence-corrected chi connectivity index (χ4v) is 6.77. The highest BCUT2D eigenvalue weighted by atomic mass is 79.9. The summed E-state index contributed by atoms with van der Waals surface area (Å²) in [6.07, 6.45) is 4.18. The number of aliphatic hydroxyl groups is 1. The molecule has 5 nitrogen and oxygen atoms in total. The third-order valence-electron chi connectivity index (χ3n) is 3.75. The third kappa shape index (κ3) is 3.79. The lowest BCUT2D eigenvalue weighted by atomic mass is 9.83. The number of benzene rings is 1. The van der Waals surface area contributed by atoms with E-state index in [1.165, 1.54) is 0 Å². The fraction of sp³-hybridized carbons (Fsp3) is 0.538. The molecule has 1 fully saturated rings. The topological polar surface area (TPSA) is 92.4 Å². The lowest BCUT2D eigenvalue weighted by Crippen LogP contribution is -2.52. The summed E-state index contributed by atoms with van der Waals surface area (Å²) in [4.78, 5) is 0.107. The van der Waals surface area contributed by atoms with E-state index in [1.54, 1.807) is 12.1 Å². The van der Waals surface area contributed by atoms with Crippen molar-refractivity contribution in [3.8, 4) is 0 Å². The minimum Gasteiger partial charge on any atom is -0.399 e. The number of rotatable bonds is 4. The Bertz CT molecular complexity index is 605. The third-order valence-corrected chi connectivity index (χ3v) is 7.21. The Morgan fingerprint density at radius 3 is 2.19 bits per heavy atom. The summed E-state index contributed by atoms with van der Waals surface area (Å²) in [5.74, 6) is 0. The predicted octanol–water partition coefficient (Wildman–Crippen LogP) is 2.77. The Hall–Kier alpha value is -0.150. The molecule has 1 aromatic rings. The molecule has 1 aliphatic rings. The van der Waals surface area contributed by atoms with Gasteiger partial charge in [-0.2, -0.15) is 0 Å². The van der Waals surface area contributed by atoms with Crippen molar-refractivity contribution in [2.75, 3.05) is 12.3 Å². The number of anilines is 1. The van der Waals surface area contributed by atoms with Crippen molar-refractivity contribution in [1.29, 1.82) is 0 Å². The van der Waals surface area contributed by atoms with Crippen LogP contribution in [0.1, 0.15) is 32.1 Å². The number of hydrogen-bond acceptors (Lipinski definition) is 4. The van der Waals surface area contributed by atoms with Crippen molar-refractivity contribution in [2.45, 2.75) is 42.5 Å². The van der Waals surface area contributed by atoms with Gasteiger partial charge >= 0.3 is 0 Å². The van der Waals surface area contributed by atoms with Gasteiger partial charge in [-0.15, -0.1) is 0 Å². The average Bonchev–Trinajstić information content (AvgIpc) is 2.37. The van der Waals surface area contributed by atoms with Crippen LogP contribution in [0, 0.1) is 0 Å². The molecule has 0 bridgehead atoms. The molecule has 0 aromatic heterocycles. The summed E-state index contributed by atoms with van der Waals surface area (Å²) in [7, 11) is -3.77. The minimum atomic E-state index is -3.77. The van der Waals surface area contributed by atoms with Gasteiger partial charge < -0.3 is 10.8 Å². The van der Waals surface area contributed by atoms with Gasteiger partial charge in [0.1, 0.15) is 4.90 Å². The van der Waals surface area contributed by atoms with Crippen molar-refractivity contribution < 1.29 is 13.5 Å². The molecule has 1 aliphatic carbocycles. The summed E-state index contributed by atoms with van der Waals surface area (Å²) in [6.45, 7) is -0.198. The molecule has 0 heterocycles. The van der Waals surface area contributed by atoms with Crippen LogP contribution in [0.5, 0.6) is 0 Å². The van der Waals surface area contributed by atoms with Crippen LogP contribution in [-0.4, -0.2) is 25.7 Å². The first kappa shape index (κ1) is 17.2. The summed E-state index contributed by atoms with van der Waals surface area (Å²) >= 11 is 6.49. The molecule has 21 heavy (non-hydrogen) atoms. The van der Waals surface area contributed by atoms with E-state index in [9.17, 15) is 13.5 Å². The lowest BCUT2D eigenvalue weighted by Gasteiger charge is -2.36. The monoisotopic (exact) mass is 440 g/mol. The number of nitrogens with two attached hydrogens (primary N) is 1. The van der Waals surface area contributed by atoms with Gasteiger partial charge in [-0.05, 0) is 56.8 Å². The van der Waals surface area contributed by atoms with Gasteiger partial charge in [0.05, 0.1) is 12.1 Å². The van der Waals surface area contributed by atoms with Crippen LogP contribution in [0.3, 0.4) is 0 Å². The molecule has 0 unspecified atom stereocenters. The van der Waals surface area contributed by atoms with Crippen LogP contribution in [0.25, 0.3) is 0 Å². The van der Waals surface area contributed by atoms with E-state index in [-0.39, 0.29) is 11.5 Å². The van der Waals surface area contributed by atoms with E-state index in [0.29, 0.717) is 27.5 Å². The maximum Gasteiger partial charge on any atom is 0.243 e. The summed E-state index contributed by atoms with van der Waals surface area (Å²) in [6, 6.07) is 3.09. The van der Waals surface area contributed by atoms with E-state index in [2.05, 4.69) is 36.6 Å². The Balaban J connectivity index is 2.38. The lowest BCUT2D eigenvalue weighted by molar-refractivity contribution is 0.142. The fourth-order valence-electron chi connectivity index (χ4n) is 2.69. The Morgan fingerprint density at radius 2 is 1.71 bits per heavy atom. The largest absolute Gasteiger partial charge is 0.399 e. The van der Waals surface area contributed by atoms with Gasteiger partial charge in [0.15, 0.2) is 0 Å². The smallest absolute Gasteiger partial charge is 0.243 e.